The van der Waals surface area contributed by atoms with E-state index in [2.05, 4.69) is 16.9 Å². The summed E-state index contributed by atoms with van der Waals surface area (Å²) in [4.78, 5) is 19.5. The average Bonchev–Trinajstić information content (AvgIpc) is 2.58. The lowest BCUT2D eigenvalue weighted by molar-refractivity contribution is 0.101. The Bertz CT molecular complexity index is 490. The molecule has 0 spiro atoms. The molecule has 14 heavy (non-hydrogen) atoms. The molecule has 0 bridgehead atoms. The number of ketones is 1. The Morgan fingerprint density at radius 2 is 2.36 bits per heavy atom. The van der Waals surface area contributed by atoms with Crippen molar-refractivity contribution in [2.75, 3.05) is 0 Å². The molecule has 0 saturated carbocycles. The van der Waals surface area contributed by atoms with E-state index in [1.54, 1.807) is 17.5 Å². The second-order valence-corrected chi connectivity index (χ2v) is 4.17. The molecule has 2 aromatic rings. The number of Topliss-reactive ketones (excluding diaryl/α,β-unsaturated/α-hetero) is 1. The molecule has 0 amide bonds. The zero-order valence-electron chi connectivity index (χ0n) is 8.07. The third-order valence-electron chi connectivity index (χ3n) is 1.98. The van der Waals surface area contributed by atoms with Gasteiger partial charge in [0, 0.05) is 6.92 Å². The van der Waals surface area contributed by atoms with Crippen molar-refractivity contribution in [2.45, 2.75) is 20.3 Å². The molecule has 0 unspecified atom stereocenters. The van der Waals surface area contributed by atoms with E-state index in [-0.39, 0.29) is 5.78 Å². The molecule has 0 N–H and O–H groups in total. The summed E-state index contributed by atoms with van der Waals surface area (Å²) in [6, 6.07) is 1.81. The fourth-order valence-corrected chi connectivity index (χ4v) is 2.14. The van der Waals surface area contributed by atoms with E-state index in [0.29, 0.717) is 5.69 Å². The van der Waals surface area contributed by atoms with Gasteiger partial charge >= 0.3 is 0 Å². The van der Waals surface area contributed by atoms with Gasteiger partial charge in [0.2, 0.25) is 0 Å². The molecule has 0 fully saturated rings. The Hall–Kier alpha value is -1.29. The topological polar surface area (TPSA) is 42.9 Å². The second kappa shape index (κ2) is 3.46. The maximum Gasteiger partial charge on any atom is 0.178 e. The zero-order chi connectivity index (χ0) is 10.1. The van der Waals surface area contributed by atoms with Crippen LogP contribution in [0, 0.1) is 0 Å². The van der Waals surface area contributed by atoms with Gasteiger partial charge in [-0.1, -0.05) is 6.92 Å². The number of rotatable bonds is 2. The van der Waals surface area contributed by atoms with Crippen LogP contribution in [0.1, 0.15) is 29.3 Å². The molecular formula is C10H10N2OS. The summed E-state index contributed by atoms with van der Waals surface area (Å²) >= 11 is 1.63. The minimum absolute atomic E-state index is 0.00153. The number of hydrogen-bond donors (Lipinski definition) is 0. The highest BCUT2D eigenvalue weighted by Gasteiger charge is 2.06. The minimum atomic E-state index is -0.00153. The third kappa shape index (κ3) is 1.53. The van der Waals surface area contributed by atoms with E-state index >= 15 is 0 Å². The molecule has 0 aliphatic carbocycles. The molecule has 2 heterocycles. The number of aryl methyl sites for hydroxylation is 1. The van der Waals surface area contributed by atoms with E-state index in [1.807, 2.05) is 6.07 Å². The Morgan fingerprint density at radius 1 is 1.57 bits per heavy atom. The van der Waals surface area contributed by atoms with E-state index in [9.17, 15) is 4.79 Å². The molecule has 0 aromatic carbocycles. The van der Waals surface area contributed by atoms with Crippen LogP contribution >= 0.6 is 11.3 Å². The summed E-state index contributed by atoms with van der Waals surface area (Å²) in [5, 5.41) is 1.09. The second-order valence-electron chi connectivity index (χ2n) is 3.05. The van der Waals surface area contributed by atoms with Crippen molar-refractivity contribution in [3.63, 3.8) is 0 Å². The number of thiazole rings is 1. The number of carbonyl (C=O) groups excluding carboxylic acids is 1. The van der Waals surface area contributed by atoms with Gasteiger partial charge in [-0.15, -0.1) is 11.3 Å². The minimum Gasteiger partial charge on any atom is -0.293 e. The van der Waals surface area contributed by atoms with Crippen LogP contribution in [0.15, 0.2) is 12.3 Å². The molecule has 4 heteroatoms. The Kier molecular flexibility index (Phi) is 2.29. The quantitative estimate of drug-likeness (QED) is 0.709. The summed E-state index contributed by atoms with van der Waals surface area (Å²) in [6.07, 6.45) is 2.59. The van der Waals surface area contributed by atoms with Gasteiger partial charge in [0.05, 0.1) is 21.4 Å². The first-order valence-corrected chi connectivity index (χ1v) is 5.28. The van der Waals surface area contributed by atoms with Crippen molar-refractivity contribution in [3.8, 4) is 0 Å². The highest BCUT2D eigenvalue weighted by molar-refractivity contribution is 7.18. The van der Waals surface area contributed by atoms with Crippen LogP contribution in [0.5, 0.6) is 0 Å². The highest BCUT2D eigenvalue weighted by Crippen LogP contribution is 2.22. The molecule has 0 atom stereocenters. The van der Waals surface area contributed by atoms with Crippen LogP contribution in [0.3, 0.4) is 0 Å². The number of fused-ring (bicyclic) bond motifs is 1. The molecule has 0 radical (unpaired) electrons. The molecule has 2 aromatic heterocycles. The number of nitrogens with zero attached hydrogens (tertiary/aromatic N) is 2. The van der Waals surface area contributed by atoms with Gasteiger partial charge in [-0.25, -0.2) is 4.98 Å². The van der Waals surface area contributed by atoms with Crippen LogP contribution in [0.25, 0.3) is 10.2 Å². The van der Waals surface area contributed by atoms with Gasteiger partial charge in [-0.3, -0.25) is 9.78 Å². The number of carbonyl (C=O) groups is 1. The van der Waals surface area contributed by atoms with Crippen molar-refractivity contribution < 1.29 is 4.79 Å². The van der Waals surface area contributed by atoms with Crippen molar-refractivity contribution in [3.05, 3.63) is 23.0 Å². The molecule has 72 valence electrons. The highest BCUT2D eigenvalue weighted by atomic mass is 32.1. The lowest BCUT2D eigenvalue weighted by Gasteiger charge is -1.92. The normalized spacial score (nSPS) is 10.7. The van der Waals surface area contributed by atoms with Gasteiger partial charge in [-0.05, 0) is 12.5 Å². The van der Waals surface area contributed by atoms with Crippen LogP contribution in [0.2, 0.25) is 0 Å². The summed E-state index contributed by atoms with van der Waals surface area (Å²) in [5.41, 5.74) is 1.40. The van der Waals surface area contributed by atoms with Crippen molar-refractivity contribution in [2.24, 2.45) is 0 Å². The number of pyridine rings is 1. The molecule has 0 aliphatic rings. The smallest absolute Gasteiger partial charge is 0.178 e. The molecule has 0 aliphatic heterocycles. The average molecular weight is 206 g/mol. The van der Waals surface area contributed by atoms with Crippen LogP contribution in [-0.4, -0.2) is 15.8 Å². The van der Waals surface area contributed by atoms with Crippen molar-refractivity contribution >= 4 is 27.3 Å². The number of aromatic nitrogens is 2. The first-order valence-electron chi connectivity index (χ1n) is 4.47. The van der Waals surface area contributed by atoms with Crippen LogP contribution in [0.4, 0.5) is 0 Å². The van der Waals surface area contributed by atoms with E-state index in [0.717, 1.165) is 21.6 Å². The standard InChI is InChI=1S/C10H10N2OS/c1-3-10-12-8-5-11-7(6(2)13)4-9(8)14-10/h4-5H,3H2,1-2H3. The lowest BCUT2D eigenvalue weighted by atomic mass is 10.3. The first-order chi connectivity index (χ1) is 6.70. The van der Waals surface area contributed by atoms with Gasteiger partial charge in [0.25, 0.3) is 0 Å². The first kappa shape index (κ1) is 9.27. The Balaban J connectivity index is 2.59. The summed E-state index contributed by atoms with van der Waals surface area (Å²) in [7, 11) is 0. The van der Waals surface area contributed by atoms with Crippen LogP contribution < -0.4 is 0 Å². The fourth-order valence-electron chi connectivity index (χ4n) is 1.22. The Morgan fingerprint density at radius 3 is 3.00 bits per heavy atom. The maximum absolute atomic E-state index is 11.1. The molecule has 0 saturated heterocycles. The van der Waals surface area contributed by atoms with Gasteiger partial charge in [0.1, 0.15) is 5.69 Å². The fraction of sp³-hybridized carbons (Fsp3) is 0.300. The van der Waals surface area contributed by atoms with E-state index < -0.39 is 0 Å². The predicted molar refractivity (Wildman–Crippen MR) is 56.8 cm³/mol. The number of hydrogen-bond acceptors (Lipinski definition) is 4. The zero-order valence-corrected chi connectivity index (χ0v) is 8.89. The molecule has 2 rings (SSSR count). The third-order valence-corrected chi connectivity index (χ3v) is 3.14. The van der Waals surface area contributed by atoms with Gasteiger partial charge in [0.15, 0.2) is 5.78 Å². The lowest BCUT2D eigenvalue weighted by Crippen LogP contribution is -1.94. The molecule has 3 nitrogen and oxygen atoms in total. The summed E-state index contributed by atoms with van der Waals surface area (Å²) in [5.74, 6) is -0.00153. The van der Waals surface area contributed by atoms with Gasteiger partial charge < -0.3 is 0 Å². The Labute approximate surface area is 85.8 Å². The van der Waals surface area contributed by atoms with Crippen LogP contribution in [-0.2, 0) is 6.42 Å². The predicted octanol–water partition coefficient (Wildman–Crippen LogP) is 2.46. The molecular weight excluding hydrogens is 196 g/mol. The van der Waals surface area contributed by atoms with E-state index in [1.165, 1.54) is 6.92 Å². The maximum atomic E-state index is 11.1. The summed E-state index contributed by atoms with van der Waals surface area (Å²) in [6.45, 7) is 3.59. The van der Waals surface area contributed by atoms with Gasteiger partial charge in [-0.2, -0.15) is 0 Å². The van der Waals surface area contributed by atoms with Crippen molar-refractivity contribution in [1.29, 1.82) is 0 Å². The largest absolute Gasteiger partial charge is 0.293 e. The summed E-state index contributed by atoms with van der Waals surface area (Å²) < 4.78 is 1.04. The van der Waals surface area contributed by atoms with E-state index in [4.69, 9.17) is 0 Å². The monoisotopic (exact) mass is 206 g/mol. The van der Waals surface area contributed by atoms with Crippen molar-refractivity contribution in [1.82, 2.24) is 9.97 Å². The SMILES string of the molecule is CCc1nc2cnc(C(C)=O)cc2s1.